The van der Waals surface area contributed by atoms with Gasteiger partial charge in [-0.3, -0.25) is 4.79 Å². The number of carbonyl (C=O) groups excluding carboxylic acids is 1. The van der Waals surface area contributed by atoms with Crippen molar-refractivity contribution >= 4 is 21.6 Å². The zero-order chi connectivity index (χ0) is 19.3. The number of hydrogen-bond donors (Lipinski definition) is 2. The lowest BCUT2D eigenvalue weighted by Crippen LogP contribution is -2.47. The Morgan fingerprint density at radius 3 is 2.19 bits per heavy atom. The highest BCUT2D eigenvalue weighted by Gasteiger charge is 2.28. The van der Waals surface area contributed by atoms with Gasteiger partial charge in [0.1, 0.15) is 11.8 Å². The van der Waals surface area contributed by atoms with E-state index in [9.17, 15) is 13.2 Å². The molecule has 1 amide bonds. The average molecular weight is 376 g/mol. The molecule has 0 saturated heterocycles. The van der Waals surface area contributed by atoms with Crippen molar-refractivity contribution in [2.24, 2.45) is 5.92 Å². The van der Waals surface area contributed by atoms with E-state index in [1.165, 1.54) is 19.2 Å². The quantitative estimate of drug-likeness (QED) is 0.778. The molecule has 0 saturated carbocycles. The molecule has 0 bridgehead atoms. The van der Waals surface area contributed by atoms with Crippen molar-refractivity contribution in [2.45, 2.75) is 31.7 Å². The van der Waals surface area contributed by atoms with Gasteiger partial charge in [-0.1, -0.05) is 32.0 Å². The third kappa shape index (κ3) is 4.83. The molecule has 0 aliphatic carbocycles. The minimum Gasteiger partial charge on any atom is -0.497 e. The fourth-order valence-electron chi connectivity index (χ4n) is 2.41. The van der Waals surface area contributed by atoms with Crippen molar-refractivity contribution in [1.82, 2.24) is 4.72 Å². The summed E-state index contributed by atoms with van der Waals surface area (Å²) in [5, 5.41) is 2.80. The molecule has 0 fully saturated rings. The predicted molar refractivity (Wildman–Crippen MR) is 102 cm³/mol. The van der Waals surface area contributed by atoms with E-state index in [1.54, 1.807) is 32.0 Å². The third-order valence-corrected chi connectivity index (χ3v) is 5.46. The number of sulfonamides is 1. The fourth-order valence-corrected chi connectivity index (χ4v) is 3.75. The van der Waals surface area contributed by atoms with E-state index >= 15 is 0 Å². The number of para-hydroxylation sites is 1. The van der Waals surface area contributed by atoms with Crippen LogP contribution in [0.15, 0.2) is 53.4 Å². The summed E-state index contributed by atoms with van der Waals surface area (Å²) >= 11 is 0. The highest BCUT2D eigenvalue weighted by atomic mass is 32.2. The van der Waals surface area contributed by atoms with E-state index in [2.05, 4.69) is 10.0 Å². The molecule has 0 radical (unpaired) electrons. The van der Waals surface area contributed by atoms with Crippen LogP contribution in [0.1, 0.15) is 19.4 Å². The van der Waals surface area contributed by atoms with Crippen molar-refractivity contribution in [3.05, 3.63) is 54.1 Å². The predicted octanol–water partition coefficient (Wildman–Crippen LogP) is 2.95. The Balaban J connectivity index is 2.20. The highest BCUT2D eigenvalue weighted by Crippen LogP contribution is 2.18. The first-order valence-electron chi connectivity index (χ1n) is 8.27. The number of amides is 1. The van der Waals surface area contributed by atoms with Gasteiger partial charge in [0, 0.05) is 5.69 Å². The third-order valence-electron chi connectivity index (χ3n) is 4.00. The van der Waals surface area contributed by atoms with Crippen molar-refractivity contribution in [3.63, 3.8) is 0 Å². The highest BCUT2D eigenvalue weighted by molar-refractivity contribution is 7.89. The van der Waals surface area contributed by atoms with Gasteiger partial charge in [0.25, 0.3) is 0 Å². The Morgan fingerprint density at radius 2 is 1.65 bits per heavy atom. The molecule has 2 N–H and O–H groups in total. The summed E-state index contributed by atoms with van der Waals surface area (Å²) < 4.78 is 32.8. The normalized spacial score (nSPS) is 12.7. The zero-order valence-corrected chi connectivity index (χ0v) is 16.1. The monoisotopic (exact) mass is 376 g/mol. The Labute approximate surface area is 154 Å². The summed E-state index contributed by atoms with van der Waals surface area (Å²) in [6.07, 6.45) is 0. The second-order valence-corrected chi connectivity index (χ2v) is 8.04. The molecule has 7 heteroatoms. The summed E-state index contributed by atoms with van der Waals surface area (Å²) in [7, 11) is -2.34. The Hall–Kier alpha value is -2.38. The first-order valence-corrected chi connectivity index (χ1v) is 9.76. The molecule has 0 aliphatic heterocycles. The van der Waals surface area contributed by atoms with Crippen molar-refractivity contribution < 1.29 is 17.9 Å². The van der Waals surface area contributed by atoms with Gasteiger partial charge in [-0.15, -0.1) is 0 Å². The summed E-state index contributed by atoms with van der Waals surface area (Å²) in [6.45, 7) is 5.46. The van der Waals surface area contributed by atoms with Gasteiger partial charge in [0.05, 0.1) is 12.0 Å². The smallest absolute Gasteiger partial charge is 0.242 e. The van der Waals surface area contributed by atoms with Crippen molar-refractivity contribution in [2.75, 3.05) is 12.4 Å². The Kier molecular flexibility index (Phi) is 6.39. The first kappa shape index (κ1) is 19.9. The van der Waals surface area contributed by atoms with Gasteiger partial charge in [0.15, 0.2) is 0 Å². The molecular formula is C19H24N2O4S. The maximum absolute atomic E-state index is 12.7. The average Bonchev–Trinajstić information content (AvgIpc) is 2.61. The molecule has 0 aliphatic rings. The number of aryl methyl sites for hydroxylation is 1. The van der Waals surface area contributed by atoms with Gasteiger partial charge in [-0.25, -0.2) is 8.42 Å². The molecule has 26 heavy (non-hydrogen) atoms. The van der Waals surface area contributed by atoms with Crippen LogP contribution in [0.2, 0.25) is 0 Å². The van der Waals surface area contributed by atoms with Crippen LogP contribution in [0.5, 0.6) is 5.75 Å². The molecule has 2 aromatic carbocycles. The lowest BCUT2D eigenvalue weighted by molar-refractivity contribution is -0.118. The topological polar surface area (TPSA) is 84.5 Å². The first-order chi connectivity index (χ1) is 12.2. The van der Waals surface area contributed by atoms with E-state index < -0.39 is 22.0 Å². The summed E-state index contributed by atoms with van der Waals surface area (Å²) in [5.41, 5.74) is 1.56. The number of rotatable bonds is 7. The van der Waals surface area contributed by atoms with Crippen LogP contribution in [-0.4, -0.2) is 27.5 Å². The molecule has 0 unspecified atom stereocenters. The number of ether oxygens (including phenoxy) is 1. The summed E-state index contributed by atoms with van der Waals surface area (Å²) in [5.74, 6) is -0.0694. The van der Waals surface area contributed by atoms with Crippen LogP contribution < -0.4 is 14.8 Å². The largest absolute Gasteiger partial charge is 0.497 e. The second-order valence-electron chi connectivity index (χ2n) is 6.32. The maximum atomic E-state index is 12.7. The standard InChI is InChI=1S/C19H24N2O4S/c1-13(2)18(19(22)20-17-8-6-5-7-14(17)3)21-26(23,24)16-11-9-15(25-4)10-12-16/h5-13,18,21H,1-4H3,(H,20,22)/t18-/m0/s1. The lowest BCUT2D eigenvalue weighted by atomic mass is 10.0. The van der Waals surface area contributed by atoms with E-state index in [4.69, 9.17) is 4.74 Å². The fraction of sp³-hybridized carbons (Fsp3) is 0.316. The van der Waals surface area contributed by atoms with Crippen LogP contribution in [0.25, 0.3) is 0 Å². The van der Waals surface area contributed by atoms with Crippen LogP contribution in [0, 0.1) is 12.8 Å². The van der Waals surface area contributed by atoms with E-state index in [0.29, 0.717) is 11.4 Å². The van der Waals surface area contributed by atoms with Gasteiger partial charge in [0.2, 0.25) is 15.9 Å². The van der Waals surface area contributed by atoms with E-state index in [0.717, 1.165) is 5.56 Å². The van der Waals surface area contributed by atoms with Crippen LogP contribution >= 0.6 is 0 Å². The minimum absolute atomic E-state index is 0.0765. The molecule has 0 spiro atoms. The van der Waals surface area contributed by atoms with E-state index in [-0.39, 0.29) is 10.8 Å². The Morgan fingerprint density at radius 1 is 1.04 bits per heavy atom. The van der Waals surface area contributed by atoms with Gasteiger partial charge in [-0.2, -0.15) is 4.72 Å². The molecular weight excluding hydrogens is 352 g/mol. The zero-order valence-electron chi connectivity index (χ0n) is 15.3. The number of hydrogen-bond acceptors (Lipinski definition) is 4. The Bertz CT molecular complexity index is 861. The number of carbonyl (C=O) groups is 1. The lowest BCUT2D eigenvalue weighted by Gasteiger charge is -2.22. The number of nitrogens with one attached hydrogen (secondary N) is 2. The number of anilines is 1. The summed E-state index contributed by atoms with van der Waals surface area (Å²) in [4.78, 5) is 12.7. The second kappa shape index (κ2) is 8.33. The molecule has 1 atom stereocenters. The maximum Gasteiger partial charge on any atom is 0.242 e. The van der Waals surface area contributed by atoms with Crippen molar-refractivity contribution in [3.8, 4) is 5.75 Å². The molecule has 2 rings (SSSR count). The number of benzene rings is 2. The SMILES string of the molecule is COc1ccc(S(=O)(=O)N[C@H](C(=O)Nc2ccccc2C)C(C)C)cc1. The van der Waals surface area contributed by atoms with Crippen LogP contribution in [0.4, 0.5) is 5.69 Å². The summed E-state index contributed by atoms with van der Waals surface area (Å²) in [6, 6.07) is 12.5. The molecule has 0 aromatic heterocycles. The molecule has 140 valence electrons. The van der Waals surface area contributed by atoms with Crippen LogP contribution in [0.3, 0.4) is 0 Å². The number of methoxy groups -OCH3 is 1. The minimum atomic E-state index is -3.84. The van der Waals surface area contributed by atoms with Crippen molar-refractivity contribution in [1.29, 1.82) is 0 Å². The molecule has 0 heterocycles. The van der Waals surface area contributed by atoms with Gasteiger partial charge >= 0.3 is 0 Å². The molecule has 6 nitrogen and oxygen atoms in total. The van der Waals surface area contributed by atoms with Crippen LogP contribution in [-0.2, 0) is 14.8 Å². The molecule has 2 aromatic rings. The van der Waals surface area contributed by atoms with E-state index in [1.807, 2.05) is 25.1 Å². The van der Waals surface area contributed by atoms with Gasteiger partial charge in [-0.05, 0) is 48.7 Å². The van der Waals surface area contributed by atoms with Gasteiger partial charge < -0.3 is 10.1 Å².